The summed E-state index contributed by atoms with van der Waals surface area (Å²) in [7, 11) is 0. The van der Waals surface area contributed by atoms with Crippen molar-refractivity contribution in [3.63, 3.8) is 0 Å². The van der Waals surface area contributed by atoms with Crippen molar-refractivity contribution in [1.82, 2.24) is 0 Å². The van der Waals surface area contributed by atoms with Crippen LogP contribution < -0.4 is 10.6 Å². The molecule has 0 spiro atoms. The van der Waals surface area contributed by atoms with Gasteiger partial charge < -0.3 is 10.6 Å². The summed E-state index contributed by atoms with van der Waals surface area (Å²) in [6.45, 7) is 8.01. The smallest absolute Gasteiger partial charge is 0.240 e. The Morgan fingerprint density at radius 3 is 1.50 bits per heavy atom. The highest BCUT2D eigenvalue weighted by molar-refractivity contribution is 8.15. The number of benzene rings is 2. The van der Waals surface area contributed by atoms with Crippen molar-refractivity contribution >= 4 is 56.8 Å². The van der Waals surface area contributed by atoms with Crippen LogP contribution in [0.2, 0.25) is 0 Å². The summed E-state index contributed by atoms with van der Waals surface area (Å²) in [5.41, 5.74) is 3.23. The highest BCUT2D eigenvalue weighted by Gasteiger charge is 2.50. The summed E-state index contributed by atoms with van der Waals surface area (Å²) < 4.78 is 0. The van der Waals surface area contributed by atoms with Crippen molar-refractivity contribution in [2.45, 2.75) is 49.3 Å². The van der Waals surface area contributed by atoms with Crippen molar-refractivity contribution in [2.24, 2.45) is 9.98 Å². The Bertz CT molecular complexity index is 1120. The summed E-state index contributed by atoms with van der Waals surface area (Å²) in [6, 6.07) is 15.8. The van der Waals surface area contributed by atoms with Gasteiger partial charge in [-0.1, -0.05) is 59.9 Å². The lowest BCUT2D eigenvalue weighted by molar-refractivity contribution is -0.117. The van der Waals surface area contributed by atoms with Gasteiger partial charge in [-0.15, -0.1) is 0 Å². The van der Waals surface area contributed by atoms with E-state index in [9.17, 15) is 9.59 Å². The Morgan fingerprint density at radius 1 is 0.719 bits per heavy atom. The van der Waals surface area contributed by atoms with E-state index in [1.165, 1.54) is 0 Å². The number of hydrogen-bond acceptors (Lipinski definition) is 6. The second-order valence-electron chi connectivity index (χ2n) is 8.62. The van der Waals surface area contributed by atoms with E-state index in [1.807, 2.05) is 76.2 Å². The Morgan fingerprint density at radius 2 is 1.09 bits per heavy atom. The molecule has 2 N–H and O–H groups in total. The molecule has 8 heteroatoms. The molecule has 6 rings (SSSR count). The lowest BCUT2D eigenvalue weighted by Gasteiger charge is -2.34. The fourth-order valence-corrected chi connectivity index (χ4v) is 7.20. The van der Waals surface area contributed by atoms with Crippen LogP contribution in [0, 0.1) is 0 Å². The minimum absolute atomic E-state index is 0.0619. The predicted molar refractivity (Wildman–Crippen MR) is 134 cm³/mol. The van der Waals surface area contributed by atoms with Crippen LogP contribution >= 0.6 is 23.5 Å². The first-order valence-electron chi connectivity index (χ1n) is 10.5. The number of nitrogens with zero attached hydrogens (tertiary/aromatic N) is 2. The third-order valence-electron chi connectivity index (χ3n) is 6.31. The second kappa shape index (κ2) is 7.49. The monoisotopic (exact) mass is 464 g/mol. The molecule has 2 aromatic rings. The van der Waals surface area contributed by atoms with E-state index in [2.05, 4.69) is 20.6 Å². The molecule has 164 valence electrons. The molecule has 2 amide bonds. The zero-order valence-corrected chi connectivity index (χ0v) is 19.9. The van der Waals surface area contributed by atoms with Crippen LogP contribution in [0.25, 0.3) is 0 Å². The summed E-state index contributed by atoms with van der Waals surface area (Å²) in [6.07, 6.45) is 0. The van der Waals surface area contributed by atoms with Gasteiger partial charge in [0, 0.05) is 22.5 Å². The summed E-state index contributed by atoms with van der Waals surface area (Å²) >= 11 is 3.12. The Labute approximate surface area is 195 Å². The van der Waals surface area contributed by atoms with Gasteiger partial charge in [0.25, 0.3) is 0 Å². The highest BCUT2D eigenvalue weighted by Crippen LogP contribution is 2.49. The molecule has 0 saturated heterocycles. The number of nitrogens with one attached hydrogen (secondary N) is 2. The van der Waals surface area contributed by atoms with Gasteiger partial charge >= 0.3 is 0 Å². The van der Waals surface area contributed by atoms with Gasteiger partial charge in [0.15, 0.2) is 0 Å². The zero-order chi connectivity index (χ0) is 22.7. The third kappa shape index (κ3) is 3.19. The number of aliphatic imine (C=N–C) groups is 2. The molecule has 6 nitrogen and oxygen atoms in total. The average molecular weight is 465 g/mol. The molecular formula is C24H24N4O2S2. The standard InChI is InChI=1S/2C12H12N2OS/c2*1-7-14-12(2)8-5-3-4-6-9(8)13-11(15)10(12)16-7/h2*3-6,10H,1-2H3,(H,13,15)/t2*10-,12+/m10/s1. The topological polar surface area (TPSA) is 82.9 Å². The largest absolute Gasteiger partial charge is 0.325 e. The number of carbonyl (C=O) groups excluding carboxylic acids is 2. The number of para-hydroxylation sites is 2. The zero-order valence-electron chi connectivity index (χ0n) is 18.3. The lowest BCUT2D eigenvalue weighted by Crippen LogP contribution is -2.44. The maximum Gasteiger partial charge on any atom is 0.240 e. The maximum absolute atomic E-state index is 12.0. The quantitative estimate of drug-likeness (QED) is 0.588. The van der Waals surface area contributed by atoms with E-state index in [4.69, 9.17) is 0 Å². The van der Waals surface area contributed by atoms with Crippen LogP contribution in [-0.4, -0.2) is 32.4 Å². The fraction of sp³-hybridized carbons (Fsp3) is 0.333. The van der Waals surface area contributed by atoms with Crippen molar-refractivity contribution in [1.29, 1.82) is 0 Å². The number of hydrogen-bond donors (Lipinski definition) is 2. The Hall–Kier alpha value is -2.58. The molecule has 4 aliphatic rings. The molecule has 0 aliphatic carbocycles. The van der Waals surface area contributed by atoms with E-state index in [0.717, 1.165) is 32.6 Å². The van der Waals surface area contributed by atoms with E-state index < -0.39 is 11.1 Å². The van der Waals surface area contributed by atoms with Crippen LogP contribution in [0.3, 0.4) is 0 Å². The maximum atomic E-state index is 12.0. The summed E-state index contributed by atoms with van der Waals surface area (Å²) in [4.78, 5) is 33.3. The average Bonchev–Trinajstić information content (AvgIpc) is 3.25. The van der Waals surface area contributed by atoms with Gasteiger partial charge in [-0.25, -0.2) is 0 Å². The number of rotatable bonds is 0. The van der Waals surface area contributed by atoms with Gasteiger partial charge in [-0.2, -0.15) is 0 Å². The molecule has 2 aromatic carbocycles. The fourth-order valence-electron chi connectivity index (χ4n) is 4.88. The van der Waals surface area contributed by atoms with E-state index >= 15 is 0 Å². The van der Waals surface area contributed by atoms with E-state index in [0.29, 0.717) is 0 Å². The predicted octanol–water partition coefficient (Wildman–Crippen LogP) is 4.78. The van der Waals surface area contributed by atoms with Gasteiger partial charge in [0.1, 0.15) is 21.6 Å². The molecule has 0 aromatic heterocycles. The number of anilines is 2. The number of fused-ring (bicyclic) bond motifs is 6. The lowest BCUT2D eigenvalue weighted by atomic mass is 9.84. The molecule has 0 unspecified atom stereocenters. The molecule has 0 fully saturated rings. The Kier molecular flexibility index (Phi) is 4.98. The Balaban J connectivity index is 0.000000135. The normalized spacial score (nSPS) is 31.5. The number of thioether (sulfide) groups is 2. The molecular weight excluding hydrogens is 440 g/mol. The SMILES string of the molecule is CC1=N[C@@]2(C)c3ccccc3NC(=O)[C@H]2S1.CC1=N[C@]2(C)c3ccccc3NC(=O)[C@@H]2S1. The van der Waals surface area contributed by atoms with Gasteiger partial charge in [0.05, 0.1) is 10.1 Å². The molecule has 32 heavy (non-hydrogen) atoms. The number of amides is 2. The van der Waals surface area contributed by atoms with Crippen LogP contribution in [0.4, 0.5) is 11.4 Å². The van der Waals surface area contributed by atoms with E-state index in [1.54, 1.807) is 23.5 Å². The minimum Gasteiger partial charge on any atom is -0.325 e. The van der Waals surface area contributed by atoms with Crippen molar-refractivity contribution in [2.75, 3.05) is 10.6 Å². The molecule has 0 saturated carbocycles. The first kappa shape index (κ1) is 21.3. The van der Waals surface area contributed by atoms with Crippen LogP contribution in [-0.2, 0) is 20.7 Å². The molecule has 4 heterocycles. The molecule has 0 radical (unpaired) electrons. The van der Waals surface area contributed by atoms with Crippen LogP contribution in [0.1, 0.15) is 38.8 Å². The van der Waals surface area contributed by atoms with Crippen molar-refractivity contribution in [3.05, 3.63) is 59.7 Å². The summed E-state index contributed by atoms with van der Waals surface area (Å²) in [5, 5.41) is 7.61. The van der Waals surface area contributed by atoms with Gasteiger partial charge in [-0.3, -0.25) is 19.6 Å². The van der Waals surface area contributed by atoms with Crippen LogP contribution in [0.5, 0.6) is 0 Å². The van der Waals surface area contributed by atoms with Gasteiger partial charge in [-0.05, 0) is 39.8 Å². The molecule has 0 bridgehead atoms. The van der Waals surface area contributed by atoms with Crippen molar-refractivity contribution in [3.8, 4) is 0 Å². The summed E-state index contributed by atoms with van der Waals surface area (Å²) in [5.74, 6) is 0.124. The molecule has 4 aliphatic heterocycles. The number of carbonyl (C=O) groups is 2. The first-order chi connectivity index (χ1) is 15.2. The minimum atomic E-state index is -0.395. The second-order valence-corrected chi connectivity index (χ2v) is 11.2. The van der Waals surface area contributed by atoms with Crippen molar-refractivity contribution < 1.29 is 9.59 Å². The first-order valence-corrected chi connectivity index (χ1v) is 12.3. The highest BCUT2D eigenvalue weighted by atomic mass is 32.2. The molecule has 4 atom stereocenters. The van der Waals surface area contributed by atoms with Gasteiger partial charge in [0.2, 0.25) is 11.8 Å². The van der Waals surface area contributed by atoms with Crippen LogP contribution in [0.15, 0.2) is 58.5 Å². The van der Waals surface area contributed by atoms with E-state index in [-0.39, 0.29) is 22.3 Å². The third-order valence-corrected chi connectivity index (χ3v) is 9.00.